The Hall–Kier alpha value is -1.24. The molecule has 0 N–H and O–H groups in total. The topological polar surface area (TPSA) is 14.1 Å². The van der Waals surface area contributed by atoms with Gasteiger partial charge in [0.05, 0.1) is 5.70 Å². The summed E-state index contributed by atoms with van der Waals surface area (Å²) in [6, 6.07) is 0. The maximum absolute atomic E-state index is 4.52. The van der Waals surface area contributed by atoms with E-state index in [9.17, 15) is 0 Å². The van der Waals surface area contributed by atoms with E-state index in [0.717, 1.165) is 5.70 Å². The molecule has 165 valence electrons. The van der Waals surface area contributed by atoms with Crippen LogP contribution in [0.5, 0.6) is 0 Å². The van der Waals surface area contributed by atoms with E-state index in [4.69, 9.17) is 0 Å². The quantitative estimate of drug-likeness (QED) is 0.181. The number of unbranched alkanes of at least 4 members (excludes halogenated alkanes) is 16. The van der Waals surface area contributed by atoms with E-state index in [1.54, 1.807) is 0 Å². The van der Waals surface area contributed by atoms with E-state index in [1.807, 2.05) is 6.20 Å². The molecule has 0 spiro atoms. The fraction of sp³-hybridized carbons (Fsp3) is 0.714. The van der Waals surface area contributed by atoms with Gasteiger partial charge in [0.1, 0.15) is 0 Å². The number of hydrogen-bond donors (Lipinski definition) is 0. The number of allylic oxidation sites excluding steroid dienone is 6. The van der Waals surface area contributed by atoms with Crippen LogP contribution in [0.25, 0.3) is 0 Å². The molecule has 0 aliphatic carbocycles. The molecule has 0 aromatic rings. The molecule has 0 bridgehead atoms. The number of hydrogen-bond acceptors (Lipinski definition) is 0. The Labute approximate surface area is 182 Å². The third-order valence-electron chi connectivity index (χ3n) is 5.79. The summed E-state index contributed by atoms with van der Waals surface area (Å²) in [4.78, 5) is 0. The van der Waals surface area contributed by atoms with Crippen molar-refractivity contribution >= 4 is 0 Å². The highest BCUT2D eigenvalue weighted by Crippen LogP contribution is 2.17. The predicted molar refractivity (Wildman–Crippen MR) is 131 cm³/mol. The van der Waals surface area contributed by atoms with Gasteiger partial charge in [-0.1, -0.05) is 122 Å². The monoisotopic (exact) mass is 398 g/mol. The van der Waals surface area contributed by atoms with Crippen molar-refractivity contribution < 1.29 is 0 Å². The van der Waals surface area contributed by atoms with Crippen molar-refractivity contribution in [3.8, 4) is 0 Å². The van der Waals surface area contributed by atoms with Crippen molar-refractivity contribution in [2.24, 2.45) is 0 Å². The molecule has 0 amide bonds. The first-order chi connectivity index (χ1) is 14.4. The lowest BCUT2D eigenvalue weighted by atomic mass is 10.1. The Kier molecular flexibility index (Phi) is 17.8. The maximum atomic E-state index is 4.52. The second-order valence-corrected chi connectivity index (χ2v) is 8.62. The average molecular weight is 399 g/mol. The Bertz CT molecular complexity index is 481. The molecule has 1 heteroatoms. The summed E-state index contributed by atoms with van der Waals surface area (Å²) < 4.78 is 0. The third-order valence-corrected chi connectivity index (χ3v) is 5.79. The van der Waals surface area contributed by atoms with Gasteiger partial charge in [0, 0.05) is 11.8 Å². The largest absolute Gasteiger partial charge is 0.256 e. The van der Waals surface area contributed by atoms with Crippen LogP contribution in [-0.2, 0) is 0 Å². The highest BCUT2D eigenvalue weighted by molar-refractivity contribution is 5.44. The molecular formula is C28H48N. The van der Waals surface area contributed by atoms with Crippen LogP contribution in [0.3, 0.4) is 0 Å². The van der Waals surface area contributed by atoms with Gasteiger partial charge in [0.15, 0.2) is 0 Å². The second-order valence-electron chi connectivity index (χ2n) is 8.62. The van der Waals surface area contributed by atoms with E-state index in [-0.39, 0.29) is 0 Å². The summed E-state index contributed by atoms with van der Waals surface area (Å²) in [6.07, 6.45) is 37.8. The molecular weight excluding hydrogens is 350 g/mol. The molecule has 1 rings (SSSR count). The maximum Gasteiger partial charge on any atom is 0.0699 e. The standard InChI is InChI=1S/C28H48N/c1-3-5-7-9-11-13-15-17-19-21-23-27-25-26-29-28(27)24-22-20-18-16-14-12-10-8-6-4-2/h21-26H,3-20H2,1-2H3/b23-21+,24-22+. The summed E-state index contributed by atoms with van der Waals surface area (Å²) in [6.45, 7) is 4.57. The third kappa shape index (κ3) is 15.3. The van der Waals surface area contributed by atoms with Crippen LogP contribution in [0.15, 0.2) is 47.9 Å². The van der Waals surface area contributed by atoms with Crippen molar-refractivity contribution in [2.45, 2.75) is 129 Å². The van der Waals surface area contributed by atoms with Crippen LogP contribution >= 0.6 is 0 Å². The van der Waals surface area contributed by atoms with Crippen LogP contribution in [0.1, 0.15) is 129 Å². The minimum atomic E-state index is 1.14. The Morgan fingerprint density at radius 1 is 0.586 bits per heavy atom. The van der Waals surface area contributed by atoms with E-state index in [2.05, 4.69) is 49.5 Å². The van der Waals surface area contributed by atoms with Crippen molar-refractivity contribution in [2.75, 3.05) is 0 Å². The van der Waals surface area contributed by atoms with Gasteiger partial charge in [0.25, 0.3) is 0 Å². The lowest BCUT2D eigenvalue weighted by molar-refractivity contribution is 0.577. The number of nitrogens with zero attached hydrogens (tertiary/aromatic N) is 1. The zero-order valence-corrected chi connectivity index (χ0v) is 19.6. The van der Waals surface area contributed by atoms with Gasteiger partial charge in [-0.05, 0) is 37.8 Å². The van der Waals surface area contributed by atoms with Crippen LogP contribution in [0.2, 0.25) is 0 Å². The molecule has 0 saturated heterocycles. The summed E-state index contributed by atoms with van der Waals surface area (Å²) >= 11 is 0. The van der Waals surface area contributed by atoms with E-state index in [1.165, 1.54) is 121 Å². The first-order valence-electron chi connectivity index (χ1n) is 12.8. The fourth-order valence-electron chi connectivity index (χ4n) is 3.84. The smallest absolute Gasteiger partial charge is 0.0699 e. The lowest BCUT2D eigenvalue weighted by Crippen LogP contribution is -1.89. The summed E-state index contributed by atoms with van der Waals surface area (Å²) in [5.41, 5.74) is 2.41. The van der Waals surface area contributed by atoms with Gasteiger partial charge in [-0.15, -0.1) is 0 Å². The molecule has 0 fully saturated rings. The first kappa shape index (κ1) is 25.8. The SMILES string of the molecule is CCCCCCCCCC/C=C/C1=C(/C=C/CCCCCCCCCC)[N]C=C1. The first-order valence-corrected chi connectivity index (χ1v) is 12.8. The minimum Gasteiger partial charge on any atom is -0.256 e. The van der Waals surface area contributed by atoms with Gasteiger partial charge in [-0.2, -0.15) is 0 Å². The Morgan fingerprint density at radius 2 is 1.03 bits per heavy atom. The molecule has 1 nitrogen and oxygen atoms in total. The van der Waals surface area contributed by atoms with Gasteiger partial charge >= 0.3 is 0 Å². The highest BCUT2D eigenvalue weighted by Gasteiger charge is 2.04. The predicted octanol–water partition coefficient (Wildman–Crippen LogP) is 9.55. The van der Waals surface area contributed by atoms with E-state index in [0.29, 0.717) is 0 Å². The van der Waals surface area contributed by atoms with Crippen LogP contribution in [0.4, 0.5) is 0 Å². The van der Waals surface area contributed by atoms with Gasteiger partial charge in [0.2, 0.25) is 0 Å². The molecule has 1 aliphatic rings. The normalized spacial score (nSPS) is 14.0. The van der Waals surface area contributed by atoms with Crippen molar-refractivity contribution in [1.82, 2.24) is 5.32 Å². The average Bonchev–Trinajstić information content (AvgIpc) is 3.18. The molecule has 1 radical (unpaired) electrons. The van der Waals surface area contributed by atoms with Crippen LogP contribution in [-0.4, -0.2) is 0 Å². The minimum absolute atomic E-state index is 1.14. The zero-order chi connectivity index (χ0) is 20.8. The van der Waals surface area contributed by atoms with Crippen LogP contribution in [0, 0.1) is 0 Å². The summed E-state index contributed by atoms with van der Waals surface area (Å²) in [5, 5.41) is 4.52. The Balaban J connectivity index is 2.06. The van der Waals surface area contributed by atoms with Crippen molar-refractivity contribution in [3.63, 3.8) is 0 Å². The molecule has 0 aromatic heterocycles. The van der Waals surface area contributed by atoms with E-state index < -0.39 is 0 Å². The Morgan fingerprint density at radius 3 is 1.55 bits per heavy atom. The molecule has 0 aromatic carbocycles. The fourth-order valence-corrected chi connectivity index (χ4v) is 3.84. The zero-order valence-electron chi connectivity index (χ0n) is 19.6. The van der Waals surface area contributed by atoms with Crippen molar-refractivity contribution in [3.05, 3.63) is 47.9 Å². The highest BCUT2D eigenvalue weighted by atomic mass is 14.9. The summed E-state index contributed by atoms with van der Waals surface area (Å²) in [7, 11) is 0. The molecule has 1 aliphatic heterocycles. The molecule has 29 heavy (non-hydrogen) atoms. The molecule has 0 atom stereocenters. The van der Waals surface area contributed by atoms with E-state index >= 15 is 0 Å². The molecule has 1 heterocycles. The van der Waals surface area contributed by atoms with Crippen LogP contribution < -0.4 is 5.32 Å². The van der Waals surface area contributed by atoms with Crippen molar-refractivity contribution in [1.29, 1.82) is 0 Å². The lowest BCUT2D eigenvalue weighted by Gasteiger charge is -2.01. The molecule has 0 unspecified atom stereocenters. The van der Waals surface area contributed by atoms with Gasteiger partial charge < -0.3 is 0 Å². The second kappa shape index (κ2) is 20.0. The number of rotatable bonds is 20. The van der Waals surface area contributed by atoms with Gasteiger partial charge in [-0.25, -0.2) is 0 Å². The van der Waals surface area contributed by atoms with Gasteiger partial charge in [-0.3, -0.25) is 5.32 Å². The molecule has 0 saturated carbocycles. The summed E-state index contributed by atoms with van der Waals surface area (Å²) in [5.74, 6) is 0.